The molecule has 0 aliphatic carbocycles. The molecule has 2 rings (SSSR count). The molecular formula is C21H26N2O2. The van der Waals surface area contributed by atoms with Crippen LogP contribution in [-0.2, 0) is 0 Å². The Hall–Kier alpha value is -2.62. The van der Waals surface area contributed by atoms with Crippen LogP contribution in [0.2, 0.25) is 0 Å². The van der Waals surface area contributed by atoms with Gasteiger partial charge in [0.25, 0.3) is 11.8 Å². The van der Waals surface area contributed by atoms with Crippen LogP contribution in [0, 0.1) is 6.92 Å². The molecule has 0 atom stereocenters. The van der Waals surface area contributed by atoms with Crippen molar-refractivity contribution in [3.05, 3.63) is 65.2 Å². The van der Waals surface area contributed by atoms with Crippen molar-refractivity contribution in [2.75, 3.05) is 24.5 Å². The maximum absolute atomic E-state index is 12.8. The van der Waals surface area contributed by atoms with Crippen molar-refractivity contribution >= 4 is 17.5 Å². The predicted octanol–water partition coefficient (Wildman–Crippen LogP) is 4.14. The highest BCUT2D eigenvalue weighted by Gasteiger charge is 2.18. The molecule has 4 heteroatoms. The minimum Gasteiger partial charge on any atom is -0.339 e. The molecule has 0 unspecified atom stereocenters. The van der Waals surface area contributed by atoms with Gasteiger partial charge < -0.3 is 9.80 Å². The van der Waals surface area contributed by atoms with Crippen molar-refractivity contribution in [1.82, 2.24) is 4.90 Å². The van der Waals surface area contributed by atoms with E-state index in [1.807, 2.05) is 52.0 Å². The summed E-state index contributed by atoms with van der Waals surface area (Å²) in [4.78, 5) is 28.7. The van der Waals surface area contributed by atoms with Gasteiger partial charge in [-0.3, -0.25) is 9.59 Å². The Kier molecular flexibility index (Phi) is 6.34. The van der Waals surface area contributed by atoms with Crippen LogP contribution in [0.3, 0.4) is 0 Å². The highest BCUT2D eigenvalue weighted by atomic mass is 16.2. The number of hydrogen-bond donors (Lipinski definition) is 0. The van der Waals surface area contributed by atoms with E-state index in [-0.39, 0.29) is 11.8 Å². The second-order valence-corrected chi connectivity index (χ2v) is 5.94. The SMILES string of the molecule is CCN(CC)C(=O)c1ccc(C(=O)N(CC)c2cccc(C)c2)cc1. The quantitative estimate of drug-likeness (QED) is 0.794. The zero-order valence-corrected chi connectivity index (χ0v) is 15.5. The maximum Gasteiger partial charge on any atom is 0.258 e. The first kappa shape index (κ1) is 18.7. The normalized spacial score (nSPS) is 10.4. The lowest BCUT2D eigenvalue weighted by Gasteiger charge is -2.22. The molecular weight excluding hydrogens is 312 g/mol. The summed E-state index contributed by atoms with van der Waals surface area (Å²) in [7, 11) is 0. The van der Waals surface area contributed by atoms with Gasteiger partial charge >= 0.3 is 0 Å². The number of carbonyl (C=O) groups is 2. The van der Waals surface area contributed by atoms with E-state index in [4.69, 9.17) is 0 Å². The van der Waals surface area contributed by atoms with Gasteiger partial charge in [-0.2, -0.15) is 0 Å². The standard InChI is InChI=1S/C21H26N2O2/c1-5-22(6-2)20(24)17-11-13-18(14-12-17)21(25)23(7-3)19-10-8-9-16(4)15-19/h8-15H,5-7H2,1-4H3. The van der Waals surface area contributed by atoms with Crippen LogP contribution < -0.4 is 4.90 Å². The summed E-state index contributed by atoms with van der Waals surface area (Å²) < 4.78 is 0. The molecule has 0 aromatic heterocycles. The fraction of sp³-hybridized carbons (Fsp3) is 0.333. The fourth-order valence-corrected chi connectivity index (χ4v) is 2.84. The highest BCUT2D eigenvalue weighted by Crippen LogP contribution is 2.19. The summed E-state index contributed by atoms with van der Waals surface area (Å²) in [5.41, 5.74) is 3.19. The third kappa shape index (κ3) is 4.27. The van der Waals surface area contributed by atoms with Crippen molar-refractivity contribution in [2.45, 2.75) is 27.7 Å². The van der Waals surface area contributed by atoms with Gasteiger partial charge in [-0.25, -0.2) is 0 Å². The monoisotopic (exact) mass is 338 g/mol. The number of anilines is 1. The van der Waals surface area contributed by atoms with E-state index in [1.165, 1.54) is 0 Å². The molecule has 0 spiro atoms. The Bertz CT molecular complexity index is 734. The van der Waals surface area contributed by atoms with Gasteiger partial charge in [-0.05, 0) is 69.7 Å². The van der Waals surface area contributed by atoms with E-state index in [9.17, 15) is 9.59 Å². The molecule has 2 aromatic carbocycles. The average molecular weight is 338 g/mol. The zero-order valence-electron chi connectivity index (χ0n) is 15.5. The van der Waals surface area contributed by atoms with Gasteiger partial charge in [0.15, 0.2) is 0 Å². The molecule has 2 aromatic rings. The van der Waals surface area contributed by atoms with Crippen molar-refractivity contribution in [3.63, 3.8) is 0 Å². The molecule has 0 heterocycles. The molecule has 0 aliphatic rings. The van der Waals surface area contributed by atoms with Crippen molar-refractivity contribution in [2.24, 2.45) is 0 Å². The number of aryl methyl sites for hydroxylation is 1. The van der Waals surface area contributed by atoms with Crippen LogP contribution >= 0.6 is 0 Å². The zero-order chi connectivity index (χ0) is 18.4. The largest absolute Gasteiger partial charge is 0.339 e. The lowest BCUT2D eigenvalue weighted by atomic mass is 10.1. The smallest absolute Gasteiger partial charge is 0.258 e. The van der Waals surface area contributed by atoms with E-state index in [0.717, 1.165) is 11.3 Å². The number of benzene rings is 2. The summed E-state index contributed by atoms with van der Waals surface area (Å²) in [6.07, 6.45) is 0. The third-order valence-corrected chi connectivity index (χ3v) is 4.30. The van der Waals surface area contributed by atoms with Gasteiger partial charge in [0.2, 0.25) is 0 Å². The van der Waals surface area contributed by atoms with Crippen LogP contribution in [-0.4, -0.2) is 36.3 Å². The van der Waals surface area contributed by atoms with E-state index in [0.29, 0.717) is 30.8 Å². The van der Waals surface area contributed by atoms with Crippen LogP contribution in [0.5, 0.6) is 0 Å². The first-order valence-electron chi connectivity index (χ1n) is 8.79. The summed E-state index contributed by atoms with van der Waals surface area (Å²) in [6, 6.07) is 14.8. The second-order valence-electron chi connectivity index (χ2n) is 5.94. The Morgan fingerprint density at radius 1 is 0.800 bits per heavy atom. The van der Waals surface area contributed by atoms with E-state index in [1.54, 1.807) is 34.1 Å². The Morgan fingerprint density at radius 3 is 1.84 bits per heavy atom. The summed E-state index contributed by atoms with van der Waals surface area (Å²) in [5.74, 6) is -0.0648. The topological polar surface area (TPSA) is 40.6 Å². The maximum atomic E-state index is 12.8. The fourth-order valence-electron chi connectivity index (χ4n) is 2.84. The predicted molar refractivity (Wildman–Crippen MR) is 102 cm³/mol. The number of carbonyl (C=O) groups excluding carboxylic acids is 2. The number of rotatable bonds is 6. The molecule has 132 valence electrons. The van der Waals surface area contributed by atoms with Gasteiger partial charge in [0.1, 0.15) is 0 Å². The second kappa shape index (κ2) is 8.47. The number of amides is 2. The molecule has 2 amide bonds. The van der Waals surface area contributed by atoms with Gasteiger partial charge in [-0.1, -0.05) is 12.1 Å². The molecule has 4 nitrogen and oxygen atoms in total. The lowest BCUT2D eigenvalue weighted by Crippen LogP contribution is -2.31. The molecule has 25 heavy (non-hydrogen) atoms. The van der Waals surface area contributed by atoms with Crippen molar-refractivity contribution in [3.8, 4) is 0 Å². The summed E-state index contributed by atoms with van der Waals surface area (Å²) >= 11 is 0. The number of nitrogens with zero attached hydrogens (tertiary/aromatic N) is 2. The third-order valence-electron chi connectivity index (χ3n) is 4.30. The van der Waals surface area contributed by atoms with Gasteiger partial charge in [0, 0.05) is 36.4 Å². The van der Waals surface area contributed by atoms with Crippen LogP contribution in [0.4, 0.5) is 5.69 Å². The summed E-state index contributed by atoms with van der Waals surface area (Å²) in [5, 5.41) is 0. The molecule has 0 aliphatic heterocycles. The average Bonchev–Trinajstić information content (AvgIpc) is 2.63. The number of hydrogen-bond acceptors (Lipinski definition) is 2. The Labute approximate surface area is 150 Å². The molecule has 0 radical (unpaired) electrons. The van der Waals surface area contributed by atoms with Crippen molar-refractivity contribution < 1.29 is 9.59 Å². The lowest BCUT2D eigenvalue weighted by molar-refractivity contribution is 0.0772. The molecule has 0 saturated carbocycles. The van der Waals surface area contributed by atoms with Crippen LogP contribution in [0.25, 0.3) is 0 Å². The molecule has 0 saturated heterocycles. The van der Waals surface area contributed by atoms with E-state index in [2.05, 4.69) is 0 Å². The molecule has 0 bridgehead atoms. The van der Waals surface area contributed by atoms with Crippen molar-refractivity contribution in [1.29, 1.82) is 0 Å². The van der Waals surface area contributed by atoms with Gasteiger partial charge in [0.05, 0.1) is 0 Å². The molecule has 0 N–H and O–H groups in total. The van der Waals surface area contributed by atoms with Gasteiger partial charge in [-0.15, -0.1) is 0 Å². The Balaban J connectivity index is 2.23. The van der Waals surface area contributed by atoms with E-state index >= 15 is 0 Å². The Morgan fingerprint density at radius 2 is 1.36 bits per heavy atom. The first-order chi connectivity index (χ1) is 12.0. The molecule has 0 fully saturated rings. The first-order valence-corrected chi connectivity index (χ1v) is 8.79. The van der Waals surface area contributed by atoms with Crippen LogP contribution in [0.1, 0.15) is 47.1 Å². The summed E-state index contributed by atoms with van der Waals surface area (Å²) in [6.45, 7) is 9.82. The minimum absolute atomic E-state index is 0.00460. The van der Waals surface area contributed by atoms with E-state index < -0.39 is 0 Å². The highest BCUT2D eigenvalue weighted by molar-refractivity contribution is 6.06. The van der Waals surface area contributed by atoms with Crippen LogP contribution in [0.15, 0.2) is 48.5 Å². The minimum atomic E-state index is -0.0602.